The number of isocyanates is 2. The van der Waals surface area contributed by atoms with Crippen molar-refractivity contribution in [1.29, 1.82) is 0 Å². The minimum absolute atomic E-state index is 0.160. The lowest BCUT2D eigenvalue weighted by Crippen LogP contribution is -2.43. The van der Waals surface area contributed by atoms with Crippen LogP contribution in [0.4, 0.5) is 19.2 Å². The summed E-state index contributed by atoms with van der Waals surface area (Å²) in [6.45, 7) is 4.59. The Hall–Kier alpha value is -4.02. The van der Waals surface area contributed by atoms with Gasteiger partial charge in [-0.05, 0) is 112 Å². The van der Waals surface area contributed by atoms with Crippen LogP contribution in [0.15, 0.2) is 9.98 Å². The average Bonchev–Trinajstić information content (AvgIpc) is 3.27. The van der Waals surface area contributed by atoms with Crippen LogP contribution >= 0.6 is 0 Å². The molecule has 0 spiro atoms. The molecule has 0 aromatic carbocycles. The fourth-order valence-electron chi connectivity index (χ4n) is 8.64. The molecule has 0 saturated heterocycles. The van der Waals surface area contributed by atoms with Crippen molar-refractivity contribution in [2.75, 3.05) is 79.9 Å². The van der Waals surface area contributed by atoms with Gasteiger partial charge in [0.05, 0.1) is 18.5 Å². The van der Waals surface area contributed by atoms with Gasteiger partial charge in [-0.1, -0.05) is 26.2 Å². The van der Waals surface area contributed by atoms with Crippen LogP contribution in [0.5, 0.6) is 0 Å². The molecule has 0 heterocycles. The van der Waals surface area contributed by atoms with Crippen LogP contribution in [0.3, 0.4) is 0 Å². The number of hydrogen-bond acceptors (Lipinski definition) is 13. The summed E-state index contributed by atoms with van der Waals surface area (Å²) >= 11 is 0. The lowest BCUT2D eigenvalue weighted by molar-refractivity contribution is -0.0181. The molecule has 3 aliphatic rings. The zero-order valence-corrected chi connectivity index (χ0v) is 37.3. The molecule has 0 aromatic heterocycles. The third-order valence-electron chi connectivity index (χ3n) is 12.4. The van der Waals surface area contributed by atoms with E-state index in [1.165, 1.54) is 0 Å². The Labute approximate surface area is 357 Å². The van der Waals surface area contributed by atoms with Gasteiger partial charge in [-0.15, -0.1) is 0 Å². The highest BCUT2D eigenvalue weighted by Gasteiger charge is 2.35. The predicted octanol–water partition coefficient (Wildman–Crippen LogP) is 4.85. The number of rotatable bonds is 25. The number of hydrogen-bond donors (Lipinski definition) is 5. The molecule has 3 aliphatic carbocycles. The average molecular weight is 866 g/mol. The second-order valence-corrected chi connectivity index (χ2v) is 19.3. The molecule has 0 aliphatic heterocycles. The molecule has 60 heavy (non-hydrogen) atoms. The van der Waals surface area contributed by atoms with Crippen LogP contribution in [-0.2, 0) is 32.7 Å². The van der Waals surface area contributed by atoms with E-state index >= 15 is 0 Å². The van der Waals surface area contributed by atoms with Crippen LogP contribution in [0.2, 0.25) is 6.04 Å². The van der Waals surface area contributed by atoms with E-state index in [9.17, 15) is 28.8 Å². The van der Waals surface area contributed by atoms with Gasteiger partial charge in [-0.3, -0.25) is 0 Å². The second kappa shape index (κ2) is 29.3. The summed E-state index contributed by atoms with van der Waals surface area (Å²) < 4.78 is 27.7. The topological polar surface area (TPSA) is 233 Å². The Morgan fingerprint density at radius 2 is 0.983 bits per heavy atom. The summed E-state index contributed by atoms with van der Waals surface area (Å²) in [5, 5.41) is 14.5. The molecule has 5 amide bonds. The third-order valence-corrected chi connectivity index (χ3v) is 14.3. The van der Waals surface area contributed by atoms with Gasteiger partial charge < -0.3 is 49.6 Å². The van der Waals surface area contributed by atoms with Gasteiger partial charge in [-0.2, -0.15) is 0 Å². The second-order valence-electron chi connectivity index (χ2n) is 17.0. The van der Waals surface area contributed by atoms with E-state index in [0.717, 1.165) is 89.5 Å². The first-order valence-electron chi connectivity index (χ1n) is 22.0. The van der Waals surface area contributed by atoms with Crippen LogP contribution in [0.25, 0.3) is 0 Å². The lowest BCUT2D eigenvalue weighted by atomic mass is 9.81. The van der Waals surface area contributed by atoms with Gasteiger partial charge in [0, 0.05) is 46.9 Å². The molecule has 19 heteroatoms. The smallest absolute Gasteiger partial charge is 0.407 e. The summed E-state index contributed by atoms with van der Waals surface area (Å²) in [5.74, 6) is 1.53. The van der Waals surface area contributed by atoms with Crippen LogP contribution in [-0.4, -0.2) is 126 Å². The van der Waals surface area contributed by atoms with Gasteiger partial charge in [0.2, 0.25) is 12.2 Å². The monoisotopic (exact) mass is 865 g/mol. The highest BCUT2D eigenvalue weighted by Crippen LogP contribution is 2.31. The van der Waals surface area contributed by atoms with Gasteiger partial charge in [-0.25, -0.2) is 38.8 Å². The Morgan fingerprint density at radius 1 is 0.600 bits per heavy atom. The molecule has 18 nitrogen and oxygen atoms in total. The minimum Gasteiger partial charge on any atom is -0.449 e. The molecule has 6 unspecified atom stereocenters. The number of urea groups is 1. The first kappa shape index (κ1) is 50.3. The Bertz CT molecular complexity index is 1340. The summed E-state index contributed by atoms with van der Waals surface area (Å²) in [4.78, 5) is 79.9. The minimum atomic E-state index is -1.64. The third kappa shape index (κ3) is 20.5. The number of nitrogens with zero attached hydrogens (tertiary/aromatic N) is 2. The number of amides is 5. The van der Waals surface area contributed by atoms with Crippen LogP contribution < -0.4 is 26.6 Å². The summed E-state index contributed by atoms with van der Waals surface area (Å²) in [5.41, 5.74) is -1.02. The maximum absolute atomic E-state index is 13.1. The molecule has 3 fully saturated rings. The highest BCUT2D eigenvalue weighted by molar-refractivity contribution is 6.44. The van der Waals surface area contributed by atoms with Gasteiger partial charge in [0.25, 0.3) is 0 Å². The Morgan fingerprint density at radius 3 is 1.37 bits per heavy atom. The first-order chi connectivity index (χ1) is 29.1. The van der Waals surface area contributed by atoms with Gasteiger partial charge in [0.1, 0.15) is 19.8 Å². The van der Waals surface area contributed by atoms with Crippen LogP contribution in [0.1, 0.15) is 96.8 Å². The number of nitrogens with one attached hydrogen (secondary N) is 5. The van der Waals surface area contributed by atoms with E-state index in [1.54, 1.807) is 26.4 Å². The van der Waals surface area contributed by atoms with Crippen molar-refractivity contribution in [3.8, 4) is 0 Å². The molecular formula is C41H71N7O11Si. The molecule has 3 rings (SSSR count). The maximum Gasteiger partial charge on any atom is 0.407 e. The molecule has 0 aromatic rings. The van der Waals surface area contributed by atoms with Crippen molar-refractivity contribution >= 4 is 45.8 Å². The van der Waals surface area contributed by atoms with Crippen molar-refractivity contribution in [3.05, 3.63) is 0 Å². The standard InChI is InChI=1S/C41H71N7O11Si/c1-4-41(26-57-38(52)46-23-34-12-5-9-31(17-34)20-42-29-49,27-58-39(53)47-24-35-13-6-10-32(18-35)21-43-30-50)28-59-40(54)48-25-36-14-7-11-33(19-36)22-45-37(51)44-15-8-16-60(55-2)56-3/h31-36,60H,4-28H2,1-3H3,(H,46,52)(H,47,53)(H,48,54)(H2,44,45,51). The Balaban J connectivity index is 1.48. The van der Waals surface area contributed by atoms with E-state index in [-0.39, 0.29) is 61.4 Å². The zero-order valence-electron chi connectivity index (χ0n) is 36.1. The normalized spacial score (nSPS) is 23.7. The number of alkyl carbamates (subject to hydrolysis) is 3. The van der Waals surface area contributed by atoms with E-state index in [1.807, 2.05) is 6.92 Å². The largest absolute Gasteiger partial charge is 0.449 e. The fourth-order valence-corrected chi connectivity index (χ4v) is 9.84. The molecular weight excluding hydrogens is 795 g/mol. The van der Waals surface area contributed by atoms with E-state index in [4.69, 9.17) is 23.1 Å². The van der Waals surface area contributed by atoms with Crippen molar-refractivity contribution in [2.45, 2.75) is 103 Å². The summed E-state index contributed by atoms with van der Waals surface area (Å²) in [6, 6.07) is 0.617. The number of ether oxygens (including phenoxy) is 3. The first-order valence-corrected chi connectivity index (χ1v) is 23.7. The molecule has 340 valence electrons. The molecule has 0 bridgehead atoms. The van der Waals surface area contributed by atoms with Crippen LogP contribution in [0, 0.1) is 40.9 Å². The summed E-state index contributed by atoms with van der Waals surface area (Å²) in [6.07, 6.45) is 13.8. The fraction of sp³-hybridized carbons (Fsp3) is 0.854. The zero-order chi connectivity index (χ0) is 43.4. The molecule has 5 N–H and O–H groups in total. The van der Waals surface area contributed by atoms with Crippen molar-refractivity contribution < 1.29 is 51.8 Å². The van der Waals surface area contributed by atoms with Crippen molar-refractivity contribution in [2.24, 2.45) is 50.9 Å². The Kier molecular flexibility index (Phi) is 24.6. The van der Waals surface area contributed by atoms with Crippen molar-refractivity contribution in [1.82, 2.24) is 26.6 Å². The summed E-state index contributed by atoms with van der Waals surface area (Å²) in [7, 11) is 1.65. The SMILES string of the molecule is CCC(COC(=O)NCC1CCCC(CN=C=O)C1)(COC(=O)NCC1CCCC(CN=C=O)C1)COC(=O)NCC1CCCC(CNC(=O)NCCC[SiH](OC)OC)C1. The lowest BCUT2D eigenvalue weighted by Gasteiger charge is -2.32. The number of aliphatic imine (C=N–C) groups is 2. The number of carbonyl (C=O) groups is 4. The van der Waals surface area contributed by atoms with Gasteiger partial charge in [0.15, 0.2) is 0 Å². The van der Waals surface area contributed by atoms with E-state index < -0.39 is 33.0 Å². The molecule has 3 saturated carbocycles. The van der Waals surface area contributed by atoms with E-state index in [0.29, 0.717) is 52.2 Å². The molecule has 6 atom stereocenters. The quantitative estimate of drug-likeness (QED) is 0.0274. The molecule has 0 radical (unpaired) electrons. The van der Waals surface area contributed by atoms with Gasteiger partial charge >= 0.3 is 33.6 Å². The number of carbonyl (C=O) groups excluding carboxylic acids is 6. The predicted molar refractivity (Wildman–Crippen MR) is 225 cm³/mol. The highest BCUT2D eigenvalue weighted by atomic mass is 28.3. The maximum atomic E-state index is 13.1. The van der Waals surface area contributed by atoms with Crippen molar-refractivity contribution in [3.63, 3.8) is 0 Å². The van der Waals surface area contributed by atoms with E-state index in [2.05, 4.69) is 36.6 Å².